The molecule has 0 fully saturated rings. The standard InChI is InChI=1S/C14H12BrIO/c15-9-11-3-7-14(8-4-11)17-10-12-1-5-13(16)6-2-12/h1-8H,9-10H2. The summed E-state index contributed by atoms with van der Waals surface area (Å²) in [4.78, 5) is 0. The number of halogens is 2. The maximum atomic E-state index is 5.71. The molecular weight excluding hydrogens is 391 g/mol. The van der Waals surface area contributed by atoms with Crippen LogP contribution in [0.25, 0.3) is 0 Å². The minimum absolute atomic E-state index is 0.616. The van der Waals surface area contributed by atoms with E-state index in [1.54, 1.807) is 0 Å². The summed E-state index contributed by atoms with van der Waals surface area (Å²) in [6.07, 6.45) is 0. The van der Waals surface area contributed by atoms with Crippen molar-refractivity contribution in [3.63, 3.8) is 0 Å². The second-order valence-corrected chi connectivity index (χ2v) is 5.50. The van der Waals surface area contributed by atoms with Gasteiger partial charge in [-0.15, -0.1) is 0 Å². The Morgan fingerprint density at radius 2 is 1.47 bits per heavy atom. The van der Waals surface area contributed by atoms with E-state index in [1.807, 2.05) is 12.1 Å². The fourth-order valence-electron chi connectivity index (χ4n) is 1.42. The molecule has 17 heavy (non-hydrogen) atoms. The van der Waals surface area contributed by atoms with Gasteiger partial charge >= 0.3 is 0 Å². The molecule has 0 aliphatic carbocycles. The van der Waals surface area contributed by atoms with Crippen LogP contribution >= 0.6 is 38.5 Å². The highest BCUT2D eigenvalue weighted by Crippen LogP contribution is 2.16. The molecule has 0 saturated heterocycles. The Morgan fingerprint density at radius 3 is 2.06 bits per heavy atom. The minimum atomic E-state index is 0.616. The van der Waals surface area contributed by atoms with E-state index in [0.29, 0.717) is 6.61 Å². The van der Waals surface area contributed by atoms with Crippen LogP contribution in [0, 0.1) is 3.57 Å². The maximum Gasteiger partial charge on any atom is 0.119 e. The summed E-state index contributed by atoms with van der Waals surface area (Å²) >= 11 is 5.72. The van der Waals surface area contributed by atoms with Gasteiger partial charge in [-0.1, -0.05) is 40.2 Å². The quantitative estimate of drug-likeness (QED) is 0.529. The number of benzene rings is 2. The molecule has 1 nitrogen and oxygen atoms in total. The molecule has 0 N–H and O–H groups in total. The Hall–Kier alpha value is -0.550. The van der Waals surface area contributed by atoms with Crippen LogP contribution in [0.2, 0.25) is 0 Å². The molecule has 2 rings (SSSR count). The van der Waals surface area contributed by atoms with E-state index in [9.17, 15) is 0 Å². The molecule has 3 heteroatoms. The monoisotopic (exact) mass is 402 g/mol. The Labute approximate surface area is 123 Å². The third-order valence-electron chi connectivity index (χ3n) is 2.40. The van der Waals surface area contributed by atoms with Gasteiger partial charge in [0.2, 0.25) is 0 Å². The van der Waals surface area contributed by atoms with Crippen molar-refractivity contribution in [3.8, 4) is 5.75 Å². The number of rotatable bonds is 4. The largest absolute Gasteiger partial charge is 0.489 e. The van der Waals surface area contributed by atoms with E-state index < -0.39 is 0 Å². The molecule has 0 radical (unpaired) electrons. The summed E-state index contributed by atoms with van der Waals surface area (Å²) in [5.74, 6) is 0.910. The van der Waals surface area contributed by atoms with Crippen molar-refractivity contribution in [1.82, 2.24) is 0 Å². The van der Waals surface area contributed by atoms with Crippen molar-refractivity contribution in [1.29, 1.82) is 0 Å². The van der Waals surface area contributed by atoms with Crippen molar-refractivity contribution in [2.24, 2.45) is 0 Å². The Balaban J connectivity index is 1.95. The highest BCUT2D eigenvalue weighted by Gasteiger charge is 1.96. The molecule has 0 amide bonds. The molecule has 0 unspecified atom stereocenters. The van der Waals surface area contributed by atoms with Crippen molar-refractivity contribution < 1.29 is 4.74 Å². The lowest BCUT2D eigenvalue weighted by Gasteiger charge is -2.06. The predicted molar refractivity (Wildman–Crippen MR) is 82.6 cm³/mol. The molecule has 0 atom stereocenters. The third kappa shape index (κ3) is 4.00. The molecule has 0 aromatic heterocycles. The summed E-state index contributed by atoms with van der Waals surface area (Å²) in [5, 5.41) is 0.879. The zero-order valence-electron chi connectivity index (χ0n) is 9.20. The molecule has 2 aromatic rings. The van der Waals surface area contributed by atoms with Gasteiger partial charge in [0.15, 0.2) is 0 Å². The Morgan fingerprint density at radius 1 is 0.882 bits per heavy atom. The lowest BCUT2D eigenvalue weighted by Crippen LogP contribution is -1.95. The zero-order valence-corrected chi connectivity index (χ0v) is 12.9. The van der Waals surface area contributed by atoms with Crippen LogP contribution in [-0.2, 0) is 11.9 Å². The summed E-state index contributed by atoms with van der Waals surface area (Å²) in [7, 11) is 0. The number of alkyl halides is 1. The zero-order chi connectivity index (χ0) is 12.1. The van der Waals surface area contributed by atoms with Gasteiger partial charge in [-0.05, 0) is 58.0 Å². The van der Waals surface area contributed by atoms with Gasteiger partial charge in [0.1, 0.15) is 12.4 Å². The lowest BCUT2D eigenvalue weighted by atomic mass is 10.2. The van der Waals surface area contributed by atoms with E-state index in [-0.39, 0.29) is 0 Å². The molecule has 0 heterocycles. The molecule has 0 saturated carbocycles. The van der Waals surface area contributed by atoms with Crippen LogP contribution in [0.5, 0.6) is 5.75 Å². The molecule has 0 aliphatic heterocycles. The van der Waals surface area contributed by atoms with Crippen molar-refractivity contribution in [2.45, 2.75) is 11.9 Å². The van der Waals surface area contributed by atoms with Crippen LogP contribution in [0.4, 0.5) is 0 Å². The van der Waals surface area contributed by atoms with Crippen molar-refractivity contribution in [3.05, 3.63) is 63.2 Å². The van der Waals surface area contributed by atoms with E-state index in [2.05, 4.69) is 74.9 Å². The van der Waals surface area contributed by atoms with E-state index in [1.165, 1.54) is 14.7 Å². The Bertz CT molecular complexity index is 465. The first-order valence-corrected chi connectivity index (χ1v) is 7.50. The van der Waals surface area contributed by atoms with E-state index in [0.717, 1.165) is 11.1 Å². The number of hydrogen-bond acceptors (Lipinski definition) is 1. The average Bonchev–Trinajstić information content (AvgIpc) is 2.39. The normalized spacial score (nSPS) is 10.2. The first kappa shape index (κ1) is 12.9. The van der Waals surface area contributed by atoms with Crippen LogP contribution in [0.1, 0.15) is 11.1 Å². The predicted octanol–water partition coefficient (Wildman–Crippen LogP) is 4.77. The summed E-state index contributed by atoms with van der Waals surface area (Å²) in [6.45, 7) is 0.616. The van der Waals surface area contributed by atoms with Gasteiger partial charge in [0.25, 0.3) is 0 Å². The minimum Gasteiger partial charge on any atom is -0.489 e. The smallest absolute Gasteiger partial charge is 0.119 e. The number of hydrogen-bond donors (Lipinski definition) is 0. The van der Waals surface area contributed by atoms with Gasteiger partial charge < -0.3 is 4.74 Å². The van der Waals surface area contributed by atoms with E-state index >= 15 is 0 Å². The van der Waals surface area contributed by atoms with Crippen molar-refractivity contribution in [2.75, 3.05) is 0 Å². The van der Waals surface area contributed by atoms with E-state index in [4.69, 9.17) is 4.74 Å². The maximum absolute atomic E-state index is 5.71. The van der Waals surface area contributed by atoms with Crippen LogP contribution in [0.3, 0.4) is 0 Å². The highest BCUT2D eigenvalue weighted by molar-refractivity contribution is 14.1. The molecule has 0 bridgehead atoms. The summed E-state index contributed by atoms with van der Waals surface area (Å²) in [6, 6.07) is 16.5. The fraction of sp³-hybridized carbons (Fsp3) is 0.143. The van der Waals surface area contributed by atoms with Crippen LogP contribution in [0.15, 0.2) is 48.5 Å². The van der Waals surface area contributed by atoms with Gasteiger partial charge in [-0.25, -0.2) is 0 Å². The van der Waals surface area contributed by atoms with Crippen LogP contribution in [-0.4, -0.2) is 0 Å². The molecule has 0 aliphatic rings. The summed E-state index contributed by atoms with van der Waals surface area (Å²) in [5.41, 5.74) is 2.45. The summed E-state index contributed by atoms with van der Waals surface area (Å²) < 4.78 is 6.96. The van der Waals surface area contributed by atoms with Gasteiger partial charge in [0.05, 0.1) is 0 Å². The Kier molecular flexibility index (Phi) is 4.86. The average molecular weight is 403 g/mol. The van der Waals surface area contributed by atoms with Gasteiger partial charge in [0, 0.05) is 8.90 Å². The van der Waals surface area contributed by atoms with Crippen molar-refractivity contribution >= 4 is 38.5 Å². The molecule has 2 aromatic carbocycles. The third-order valence-corrected chi connectivity index (χ3v) is 3.76. The second kappa shape index (κ2) is 6.40. The molecular formula is C14H12BrIO. The first-order chi connectivity index (χ1) is 8.28. The molecule has 0 spiro atoms. The van der Waals surface area contributed by atoms with Gasteiger partial charge in [-0.2, -0.15) is 0 Å². The lowest BCUT2D eigenvalue weighted by molar-refractivity contribution is 0.306. The second-order valence-electron chi connectivity index (χ2n) is 3.69. The topological polar surface area (TPSA) is 9.23 Å². The number of ether oxygens (including phenoxy) is 1. The fourth-order valence-corrected chi connectivity index (χ4v) is 2.16. The highest BCUT2D eigenvalue weighted by atomic mass is 127. The molecule has 88 valence electrons. The van der Waals surface area contributed by atoms with Gasteiger partial charge in [-0.3, -0.25) is 0 Å². The van der Waals surface area contributed by atoms with Crippen LogP contribution < -0.4 is 4.74 Å². The first-order valence-electron chi connectivity index (χ1n) is 5.30. The SMILES string of the molecule is BrCc1ccc(OCc2ccc(I)cc2)cc1.